The van der Waals surface area contributed by atoms with Crippen LogP contribution in [0.4, 0.5) is 0 Å². The van der Waals surface area contributed by atoms with Crippen molar-refractivity contribution in [1.29, 1.82) is 0 Å². The van der Waals surface area contributed by atoms with Crippen molar-refractivity contribution in [1.82, 2.24) is 9.97 Å². The molecule has 0 aliphatic rings. The summed E-state index contributed by atoms with van der Waals surface area (Å²) in [6, 6.07) is 7.70. The van der Waals surface area contributed by atoms with Crippen molar-refractivity contribution in [2.45, 2.75) is 31.2 Å². The molecule has 17 heavy (non-hydrogen) atoms. The molecule has 1 unspecified atom stereocenters. The van der Waals surface area contributed by atoms with Crippen LogP contribution in [-0.2, 0) is 16.2 Å². The molecule has 2 rings (SSSR count). The summed E-state index contributed by atoms with van der Waals surface area (Å²) in [4.78, 5) is 9.00. The quantitative estimate of drug-likeness (QED) is 0.729. The van der Waals surface area contributed by atoms with E-state index in [1.807, 2.05) is 24.3 Å². The highest BCUT2D eigenvalue weighted by molar-refractivity contribution is 7.84. The van der Waals surface area contributed by atoms with E-state index >= 15 is 0 Å². The van der Waals surface area contributed by atoms with Gasteiger partial charge in [0.2, 0.25) is 0 Å². The topological polar surface area (TPSA) is 42.9 Å². The van der Waals surface area contributed by atoms with E-state index in [1.54, 1.807) is 6.26 Å². The fourth-order valence-electron chi connectivity index (χ4n) is 1.60. The Bertz CT molecular complexity index is 587. The molecule has 0 saturated carbocycles. The van der Waals surface area contributed by atoms with Crippen LogP contribution in [0, 0.1) is 0 Å². The number of para-hydroxylation sites is 1. The van der Waals surface area contributed by atoms with E-state index in [9.17, 15) is 4.21 Å². The van der Waals surface area contributed by atoms with Crippen LogP contribution in [0.2, 0.25) is 0 Å². The highest BCUT2D eigenvalue weighted by Crippen LogP contribution is 2.24. The minimum atomic E-state index is -1.10. The van der Waals surface area contributed by atoms with Gasteiger partial charge in [-0.25, -0.2) is 9.97 Å². The van der Waals surface area contributed by atoms with Gasteiger partial charge in [-0.15, -0.1) is 0 Å². The van der Waals surface area contributed by atoms with E-state index in [0.717, 1.165) is 16.7 Å². The summed E-state index contributed by atoms with van der Waals surface area (Å²) in [5.41, 5.74) is 0.718. The standard InChI is InChI=1S/C13H16N2OS/c1-13(2,3)12-14-10-8-6-5-7-9(10)11(15-12)17(4)16/h5-8H,1-4H3. The average molecular weight is 248 g/mol. The summed E-state index contributed by atoms with van der Waals surface area (Å²) in [5.74, 6) is 0.737. The van der Waals surface area contributed by atoms with E-state index in [-0.39, 0.29) is 5.41 Å². The Hall–Kier alpha value is -1.29. The molecule has 90 valence electrons. The van der Waals surface area contributed by atoms with Gasteiger partial charge in [-0.05, 0) is 12.1 Å². The second kappa shape index (κ2) is 4.18. The molecular formula is C13H16N2OS. The molecule has 1 heterocycles. The zero-order chi connectivity index (χ0) is 12.6. The van der Waals surface area contributed by atoms with Gasteiger partial charge in [-0.3, -0.25) is 4.21 Å². The summed E-state index contributed by atoms with van der Waals surface area (Å²) < 4.78 is 11.8. The van der Waals surface area contributed by atoms with Crippen molar-refractivity contribution in [3.8, 4) is 0 Å². The second-order valence-corrected chi connectivity index (χ2v) is 6.37. The molecule has 1 atom stereocenters. The Morgan fingerprint density at radius 3 is 2.35 bits per heavy atom. The van der Waals surface area contributed by atoms with Crippen LogP contribution in [0.3, 0.4) is 0 Å². The molecule has 0 fully saturated rings. The summed E-state index contributed by atoms with van der Waals surface area (Å²) in [5, 5.41) is 1.50. The summed E-state index contributed by atoms with van der Waals surface area (Å²) in [7, 11) is -1.10. The molecule has 3 nitrogen and oxygen atoms in total. The molecule has 0 saturated heterocycles. The number of rotatable bonds is 1. The smallest absolute Gasteiger partial charge is 0.138 e. The number of benzene rings is 1. The first kappa shape index (κ1) is 12.2. The fraction of sp³-hybridized carbons (Fsp3) is 0.385. The fourth-order valence-corrected chi connectivity index (χ4v) is 2.30. The Kier molecular flexibility index (Phi) is 3.00. The summed E-state index contributed by atoms with van der Waals surface area (Å²) in [6.07, 6.45) is 1.65. The van der Waals surface area contributed by atoms with Gasteiger partial charge < -0.3 is 0 Å². The van der Waals surface area contributed by atoms with Crippen molar-refractivity contribution in [3.05, 3.63) is 30.1 Å². The van der Waals surface area contributed by atoms with Crippen LogP contribution in [0.25, 0.3) is 10.9 Å². The lowest BCUT2D eigenvalue weighted by molar-refractivity contribution is 0.542. The van der Waals surface area contributed by atoms with Crippen molar-refractivity contribution < 1.29 is 4.21 Å². The van der Waals surface area contributed by atoms with Gasteiger partial charge in [0, 0.05) is 17.1 Å². The molecule has 0 N–H and O–H groups in total. The number of nitrogens with zero attached hydrogens (tertiary/aromatic N) is 2. The van der Waals surface area contributed by atoms with E-state index in [4.69, 9.17) is 0 Å². The van der Waals surface area contributed by atoms with E-state index in [0.29, 0.717) is 5.03 Å². The summed E-state index contributed by atoms with van der Waals surface area (Å²) in [6.45, 7) is 6.17. The van der Waals surface area contributed by atoms with Gasteiger partial charge in [-0.2, -0.15) is 0 Å². The average Bonchev–Trinajstić information content (AvgIpc) is 2.26. The molecule has 0 radical (unpaired) electrons. The first-order valence-electron chi connectivity index (χ1n) is 5.50. The third-order valence-corrected chi connectivity index (χ3v) is 3.37. The lowest BCUT2D eigenvalue weighted by Crippen LogP contribution is -2.17. The molecule has 1 aromatic heterocycles. The maximum absolute atomic E-state index is 11.8. The zero-order valence-corrected chi connectivity index (χ0v) is 11.3. The number of fused-ring (bicyclic) bond motifs is 1. The molecule has 1 aromatic carbocycles. The number of hydrogen-bond donors (Lipinski definition) is 0. The van der Waals surface area contributed by atoms with Gasteiger partial charge in [0.15, 0.2) is 0 Å². The highest BCUT2D eigenvalue weighted by atomic mass is 32.2. The number of aromatic nitrogens is 2. The Labute approximate surface area is 104 Å². The third kappa shape index (κ3) is 2.36. The Morgan fingerprint density at radius 2 is 1.76 bits per heavy atom. The van der Waals surface area contributed by atoms with Crippen LogP contribution < -0.4 is 0 Å². The first-order valence-corrected chi connectivity index (χ1v) is 7.06. The maximum Gasteiger partial charge on any atom is 0.138 e. The maximum atomic E-state index is 11.8. The van der Waals surface area contributed by atoms with Crippen molar-refractivity contribution in [2.75, 3.05) is 6.26 Å². The third-order valence-electron chi connectivity index (χ3n) is 2.51. The van der Waals surface area contributed by atoms with E-state index in [2.05, 4.69) is 30.7 Å². The predicted octanol–water partition coefficient (Wildman–Crippen LogP) is 2.66. The Morgan fingerprint density at radius 1 is 1.12 bits per heavy atom. The van der Waals surface area contributed by atoms with Gasteiger partial charge in [-0.1, -0.05) is 32.9 Å². The van der Waals surface area contributed by atoms with Crippen LogP contribution >= 0.6 is 0 Å². The molecule has 4 heteroatoms. The molecule has 0 spiro atoms. The SMILES string of the molecule is CS(=O)c1nc(C(C)(C)C)nc2ccccc12. The molecule has 2 aromatic rings. The van der Waals surface area contributed by atoms with Gasteiger partial charge in [0.25, 0.3) is 0 Å². The van der Waals surface area contributed by atoms with Gasteiger partial charge >= 0.3 is 0 Å². The van der Waals surface area contributed by atoms with Crippen LogP contribution in [0.5, 0.6) is 0 Å². The monoisotopic (exact) mass is 248 g/mol. The zero-order valence-electron chi connectivity index (χ0n) is 10.5. The highest BCUT2D eigenvalue weighted by Gasteiger charge is 2.20. The normalized spacial score (nSPS) is 13.9. The summed E-state index contributed by atoms with van der Waals surface area (Å²) >= 11 is 0. The van der Waals surface area contributed by atoms with Gasteiger partial charge in [0.1, 0.15) is 10.9 Å². The minimum Gasteiger partial charge on any atom is -0.253 e. The van der Waals surface area contributed by atoms with Crippen LogP contribution in [-0.4, -0.2) is 20.4 Å². The van der Waals surface area contributed by atoms with Crippen molar-refractivity contribution >= 4 is 21.7 Å². The second-order valence-electron chi connectivity index (χ2n) is 5.07. The van der Waals surface area contributed by atoms with E-state index in [1.165, 1.54) is 0 Å². The van der Waals surface area contributed by atoms with E-state index < -0.39 is 10.8 Å². The molecule has 0 aliphatic heterocycles. The van der Waals surface area contributed by atoms with Crippen molar-refractivity contribution in [2.24, 2.45) is 0 Å². The Balaban J connectivity index is 2.81. The molecule has 0 amide bonds. The molecule has 0 bridgehead atoms. The number of hydrogen-bond acceptors (Lipinski definition) is 3. The van der Waals surface area contributed by atoms with Crippen LogP contribution in [0.1, 0.15) is 26.6 Å². The minimum absolute atomic E-state index is 0.141. The lowest BCUT2D eigenvalue weighted by atomic mass is 9.95. The molecule has 0 aliphatic carbocycles. The molecular weight excluding hydrogens is 232 g/mol. The largest absolute Gasteiger partial charge is 0.253 e. The van der Waals surface area contributed by atoms with Gasteiger partial charge in [0.05, 0.1) is 16.3 Å². The van der Waals surface area contributed by atoms with Crippen molar-refractivity contribution in [3.63, 3.8) is 0 Å². The first-order chi connectivity index (χ1) is 7.89. The lowest BCUT2D eigenvalue weighted by Gasteiger charge is -2.17. The van der Waals surface area contributed by atoms with Crippen LogP contribution in [0.15, 0.2) is 29.3 Å². The predicted molar refractivity (Wildman–Crippen MR) is 70.6 cm³/mol.